The fourth-order valence-electron chi connectivity index (χ4n) is 5.05. The van der Waals surface area contributed by atoms with Crippen LogP contribution in [0.5, 0.6) is 0 Å². The van der Waals surface area contributed by atoms with Gasteiger partial charge in [0.15, 0.2) is 0 Å². The van der Waals surface area contributed by atoms with E-state index in [4.69, 9.17) is 10.1 Å². The molecule has 7 rings (SSSR count). The molecule has 5 heteroatoms. The predicted molar refractivity (Wildman–Crippen MR) is 146 cm³/mol. The van der Waals surface area contributed by atoms with Gasteiger partial charge in [0.2, 0.25) is 0 Å². The Morgan fingerprint density at radius 3 is 2.17 bits per heavy atom. The summed E-state index contributed by atoms with van der Waals surface area (Å²) in [6, 6.07) is 35.5. The van der Waals surface area contributed by atoms with Gasteiger partial charge < -0.3 is 0 Å². The highest BCUT2D eigenvalue weighted by Gasteiger charge is 2.24. The first-order valence-corrected chi connectivity index (χ1v) is 12.1. The maximum Gasteiger partial charge on any atom is 0.0981 e. The number of rotatable bonds is 4. The Kier molecular flexibility index (Phi) is 4.86. The van der Waals surface area contributed by atoms with E-state index in [0.717, 1.165) is 44.3 Å². The maximum absolute atomic E-state index is 4.98. The van der Waals surface area contributed by atoms with Crippen LogP contribution < -0.4 is 10.4 Å². The van der Waals surface area contributed by atoms with Crippen molar-refractivity contribution in [3.63, 3.8) is 0 Å². The standard InChI is InChI=1S/C31H23N5/c1-3-10-22(11-4-1)27-17-20-35(33-27)30-24-14-7-8-15-25(24)31(29-26(30)16-9-19-32-29)36-21-18-28(34-36)23-12-5-2-6-13-23/h1-21,28,34H. The first kappa shape index (κ1) is 20.6. The molecule has 1 aliphatic rings. The molecule has 2 aromatic heterocycles. The van der Waals surface area contributed by atoms with Gasteiger partial charge in [-0.15, -0.1) is 0 Å². The molecule has 1 aliphatic heterocycles. The molecule has 1 N–H and O–H groups in total. The van der Waals surface area contributed by atoms with Gasteiger partial charge in [0.05, 0.1) is 28.6 Å². The minimum Gasteiger partial charge on any atom is -0.281 e. The maximum atomic E-state index is 4.98. The number of nitrogens with zero attached hydrogens (tertiary/aromatic N) is 4. The van der Waals surface area contributed by atoms with Crippen molar-refractivity contribution in [1.29, 1.82) is 0 Å². The van der Waals surface area contributed by atoms with Gasteiger partial charge in [-0.3, -0.25) is 9.99 Å². The largest absolute Gasteiger partial charge is 0.281 e. The van der Waals surface area contributed by atoms with Gasteiger partial charge in [-0.05, 0) is 29.8 Å². The summed E-state index contributed by atoms with van der Waals surface area (Å²) in [5.41, 5.74) is 9.90. The summed E-state index contributed by atoms with van der Waals surface area (Å²) in [6.07, 6.45) is 8.19. The quantitative estimate of drug-likeness (QED) is 0.290. The third-order valence-electron chi connectivity index (χ3n) is 6.72. The van der Waals surface area contributed by atoms with Crippen molar-refractivity contribution in [1.82, 2.24) is 20.2 Å². The molecule has 1 unspecified atom stereocenters. The fourth-order valence-corrected chi connectivity index (χ4v) is 5.05. The van der Waals surface area contributed by atoms with E-state index in [1.54, 1.807) is 0 Å². The highest BCUT2D eigenvalue weighted by molar-refractivity contribution is 6.16. The molecule has 0 aliphatic carbocycles. The summed E-state index contributed by atoms with van der Waals surface area (Å²) < 4.78 is 1.98. The molecule has 3 heterocycles. The first-order chi connectivity index (χ1) is 17.9. The topological polar surface area (TPSA) is 46.0 Å². The van der Waals surface area contributed by atoms with Crippen LogP contribution >= 0.6 is 0 Å². The number of hydrogen-bond acceptors (Lipinski definition) is 4. The predicted octanol–water partition coefficient (Wildman–Crippen LogP) is 6.82. The molecule has 172 valence electrons. The van der Waals surface area contributed by atoms with Gasteiger partial charge >= 0.3 is 0 Å². The molecule has 0 spiro atoms. The second-order valence-corrected chi connectivity index (χ2v) is 8.88. The summed E-state index contributed by atoms with van der Waals surface area (Å²) in [5, 5.41) is 10.4. The van der Waals surface area contributed by atoms with Crippen LogP contribution in [0.2, 0.25) is 0 Å². The van der Waals surface area contributed by atoms with E-state index in [0.29, 0.717) is 0 Å². The number of benzene rings is 4. The minimum absolute atomic E-state index is 0.1000. The number of aromatic nitrogens is 3. The van der Waals surface area contributed by atoms with Crippen LogP contribution in [0.15, 0.2) is 128 Å². The summed E-state index contributed by atoms with van der Waals surface area (Å²) in [4.78, 5) is 4.87. The van der Waals surface area contributed by atoms with Gasteiger partial charge in [0.1, 0.15) is 0 Å². The van der Waals surface area contributed by atoms with Crippen LogP contribution in [0.25, 0.3) is 38.6 Å². The number of fused-ring (bicyclic) bond motifs is 2. The van der Waals surface area contributed by atoms with Crippen LogP contribution in [0.3, 0.4) is 0 Å². The second kappa shape index (κ2) is 8.48. The molecule has 1 atom stereocenters. The fraction of sp³-hybridized carbons (Fsp3) is 0.0323. The Morgan fingerprint density at radius 2 is 1.36 bits per heavy atom. The molecule has 0 radical (unpaired) electrons. The average Bonchev–Trinajstić information content (AvgIpc) is 3.63. The number of nitrogens with one attached hydrogen (secondary N) is 1. The van der Waals surface area contributed by atoms with E-state index in [-0.39, 0.29) is 6.04 Å². The normalized spacial score (nSPS) is 15.2. The molecule has 0 bridgehead atoms. The molecular weight excluding hydrogens is 442 g/mol. The Bertz CT molecular complexity index is 1660. The lowest BCUT2D eigenvalue weighted by Gasteiger charge is -2.24. The third kappa shape index (κ3) is 3.37. The number of pyridine rings is 1. The summed E-state index contributed by atoms with van der Waals surface area (Å²) in [7, 11) is 0. The van der Waals surface area contributed by atoms with Crippen LogP contribution in [0.4, 0.5) is 5.69 Å². The molecular formula is C31H23N5. The van der Waals surface area contributed by atoms with E-state index in [1.807, 2.05) is 47.4 Å². The zero-order valence-corrected chi connectivity index (χ0v) is 19.5. The summed E-state index contributed by atoms with van der Waals surface area (Å²) >= 11 is 0. The van der Waals surface area contributed by atoms with Crippen LogP contribution in [0.1, 0.15) is 11.6 Å². The molecule has 0 saturated carbocycles. The van der Waals surface area contributed by atoms with Crippen molar-refractivity contribution in [2.75, 3.05) is 5.01 Å². The number of hydrazine groups is 1. The van der Waals surface area contributed by atoms with Crippen LogP contribution in [0, 0.1) is 0 Å². The summed E-state index contributed by atoms with van der Waals surface area (Å²) in [5.74, 6) is 0. The van der Waals surface area contributed by atoms with Gasteiger partial charge in [-0.25, -0.2) is 10.1 Å². The molecule has 6 aromatic rings. The van der Waals surface area contributed by atoms with Gasteiger partial charge in [0, 0.05) is 40.3 Å². The van der Waals surface area contributed by atoms with Gasteiger partial charge in [-0.1, -0.05) is 84.9 Å². The molecule has 5 nitrogen and oxygen atoms in total. The lowest BCUT2D eigenvalue weighted by Crippen LogP contribution is -2.31. The van der Waals surface area contributed by atoms with Crippen molar-refractivity contribution in [3.05, 3.63) is 133 Å². The van der Waals surface area contributed by atoms with Crippen molar-refractivity contribution < 1.29 is 0 Å². The lowest BCUT2D eigenvalue weighted by atomic mass is 10.0. The number of anilines is 1. The average molecular weight is 466 g/mol. The van der Waals surface area contributed by atoms with E-state index < -0.39 is 0 Å². The van der Waals surface area contributed by atoms with E-state index >= 15 is 0 Å². The van der Waals surface area contributed by atoms with Crippen LogP contribution in [-0.2, 0) is 0 Å². The smallest absolute Gasteiger partial charge is 0.0981 e. The summed E-state index contributed by atoms with van der Waals surface area (Å²) in [6.45, 7) is 0. The van der Waals surface area contributed by atoms with Gasteiger partial charge in [-0.2, -0.15) is 5.10 Å². The van der Waals surface area contributed by atoms with Crippen molar-refractivity contribution in [3.8, 4) is 16.9 Å². The Morgan fingerprint density at radius 1 is 0.667 bits per heavy atom. The molecule has 4 aromatic carbocycles. The van der Waals surface area contributed by atoms with Crippen LogP contribution in [-0.4, -0.2) is 14.8 Å². The van der Waals surface area contributed by atoms with E-state index in [1.165, 1.54) is 5.56 Å². The molecule has 0 fully saturated rings. The first-order valence-electron chi connectivity index (χ1n) is 12.1. The highest BCUT2D eigenvalue weighted by atomic mass is 15.5. The minimum atomic E-state index is 0.1000. The van der Waals surface area contributed by atoms with Crippen molar-refractivity contribution in [2.24, 2.45) is 0 Å². The van der Waals surface area contributed by atoms with Crippen molar-refractivity contribution in [2.45, 2.75) is 6.04 Å². The lowest BCUT2D eigenvalue weighted by molar-refractivity contribution is 0.673. The van der Waals surface area contributed by atoms with Crippen molar-refractivity contribution >= 4 is 27.4 Å². The van der Waals surface area contributed by atoms with Gasteiger partial charge in [0.25, 0.3) is 0 Å². The number of hydrogen-bond donors (Lipinski definition) is 1. The van der Waals surface area contributed by atoms with E-state index in [2.05, 4.69) is 95.5 Å². The second-order valence-electron chi connectivity index (χ2n) is 8.88. The molecule has 0 saturated heterocycles. The van der Waals surface area contributed by atoms with E-state index in [9.17, 15) is 0 Å². The SMILES string of the molecule is C1=CN(c2c3ccccc3c(-n3ccc(-c4ccccc4)n3)c3cccnc23)NC1c1ccccc1. The molecule has 0 amide bonds. The third-order valence-corrected chi connectivity index (χ3v) is 6.72. The monoisotopic (exact) mass is 465 g/mol. The Hall–Kier alpha value is -4.74. The highest BCUT2D eigenvalue weighted by Crippen LogP contribution is 2.40. The Labute approximate surface area is 208 Å². The zero-order chi connectivity index (χ0) is 23.9. The molecule has 36 heavy (non-hydrogen) atoms. The zero-order valence-electron chi connectivity index (χ0n) is 19.5. The Balaban J connectivity index is 1.41.